The number of halogens is 1. The molecule has 10 heteroatoms. The van der Waals surface area contributed by atoms with Crippen molar-refractivity contribution >= 4 is 46.4 Å². The van der Waals surface area contributed by atoms with Gasteiger partial charge in [-0.25, -0.2) is 4.90 Å². The van der Waals surface area contributed by atoms with E-state index in [0.29, 0.717) is 35.1 Å². The Morgan fingerprint density at radius 3 is 2.42 bits per heavy atom. The fourth-order valence-corrected chi connectivity index (χ4v) is 4.28. The van der Waals surface area contributed by atoms with Gasteiger partial charge in [-0.05, 0) is 42.8 Å². The quantitative estimate of drug-likeness (QED) is 0.626. The summed E-state index contributed by atoms with van der Waals surface area (Å²) in [4.78, 5) is 40.7. The van der Waals surface area contributed by atoms with E-state index in [1.54, 1.807) is 43.5 Å². The van der Waals surface area contributed by atoms with Crippen LogP contribution in [0.2, 0.25) is 0 Å². The fourth-order valence-electron chi connectivity index (χ4n) is 4.00. The Balaban J connectivity index is 1.49. The molecule has 9 nitrogen and oxygen atoms in total. The zero-order valence-electron chi connectivity index (χ0n) is 17.7. The molecule has 0 aromatic heterocycles. The average molecular weight is 468 g/mol. The molecule has 0 spiro atoms. The van der Waals surface area contributed by atoms with Crippen LogP contribution in [0, 0.1) is 5.92 Å². The van der Waals surface area contributed by atoms with Crippen molar-refractivity contribution in [1.82, 2.24) is 0 Å². The number of anilines is 2. The van der Waals surface area contributed by atoms with Gasteiger partial charge in [-0.2, -0.15) is 10.1 Å². The predicted molar refractivity (Wildman–Crippen MR) is 120 cm³/mol. The first kappa shape index (κ1) is 21.0. The van der Waals surface area contributed by atoms with E-state index in [0.717, 1.165) is 4.90 Å². The molecule has 1 atom stereocenters. The van der Waals surface area contributed by atoms with Gasteiger partial charge < -0.3 is 14.2 Å². The number of carbonyl (C=O) groups is 3. The minimum Gasteiger partial charge on any atom is -0.497 e. The minimum atomic E-state index is -1.06. The summed E-state index contributed by atoms with van der Waals surface area (Å²) in [5.74, 6) is -1.33. The largest absolute Gasteiger partial charge is 0.497 e. The summed E-state index contributed by atoms with van der Waals surface area (Å²) in [6, 6.07) is 11.5. The number of rotatable bonds is 5. The normalized spacial score (nSPS) is 19.7. The molecule has 0 saturated heterocycles. The molecule has 0 N–H and O–H groups in total. The third-order valence-corrected chi connectivity index (χ3v) is 6.03. The van der Waals surface area contributed by atoms with Crippen LogP contribution in [0.3, 0.4) is 0 Å². The van der Waals surface area contributed by atoms with Gasteiger partial charge in [0.25, 0.3) is 17.7 Å². The van der Waals surface area contributed by atoms with Crippen LogP contribution >= 0.6 is 11.6 Å². The topological polar surface area (TPSA) is 97.7 Å². The number of carbonyl (C=O) groups excluding carboxylic acids is 3. The molecule has 0 fully saturated rings. The third kappa shape index (κ3) is 3.23. The van der Waals surface area contributed by atoms with Gasteiger partial charge in [0.1, 0.15) is 16.7 Å². The van der Waals surface area contributed by atoms with E-state index in [1.165, 1.54) is 11.1 Å². The molecule has 0 radical (unpaired) electrons. The molecular weight excluding hydrogens is 450 g/mol. The smallest absolute Gasteiger partial charge is 0.277 e. The molecule has 3 aliphatic rings. The fraction of sp³-hybridized carbons (Fsp3) is 0.217. The molecule has 3 amide bonds. The highest BCUT2D eigenvalue weighted by Crippen LogP contribution is 2.41. The monoisotopic (exact) mass is 467 g/mol. The van der Waals surface area contributed by atoms with Gasteiger partial charge in [-0.15, -0.1) is 0 Å². The van der Waals surface area contributed by atoms with Crippen molar-refractivity contribution in [2.24, 2.45) is 11.0 Å². The van der Waals surface area contributed by atoms with E-state index < -0.39 is 23.6 Å². The lowest BCUT2D eigenvalue weighted by Gasteiger charge is -2.18. The van der Waals surface area contributed by atoms with Crippen molar-refractivity contribution in [3.8, 4) is 17.2 Å². The van der Waals surface area contributed by atoms with Gasteiger partial charge in [-0.3, -0.25) is 14.4 Å². The lowest BCUT2D eigenvalue weighted by Crippen LogP contribution is -2.35. The molecule has 168 valence electrons. The Kier molecular flexibility index (Phi) is 5.05. The number of imide groups is 1. The van der Waals surface area contributed by atoms with Crippen LogP contribution in [0.5, 0.6) is 17.2 Å². The standard InChI is InChI=1S/C23H18ClN3O6/c1-3-15-18(22(29)27(25-15)12-4-7-14(31-2)8-5-12)19-20(24)23(30)26(21(19)28)13-6-9-16-17(10-13)33-11-32-16/h4-10,18H,3,11H2,1-2H3. The first-order valence-electron chi connectivity index (χ1n) is 10.2. The molecule has 0 aliphatic carbocycles. The molecule has 0 bridgehead atoms. The SMILES string of the molecule is CCC1=NN(c2ccc(OC)cc2)C(=O)C1C1=C(Cl)C(=O)N(c2ccc3c(c2)OCO3)C1=O. The molecule has 3 aliphatic heterocycles. The van der Waals surface area contributed by atoms with Crippen LogP contribution in [-0.2, 0) is 14.4 Å². The van der Waals surface area contributed by atoms with Crippen LogP contribution in [-0.4, -0.2) is 37.3 Å². The van der Waals surface area contributed by atoms with Crippen LogP contribution in [0.1, 0.15) is 13.3 Å². The second kappa shape index (κ2) is 7.93. The van der Waals surface area contributed by atoms with Crippen molar-refractivity contribution in [2.75, 3.05) is 23.8 Å². The molecule has 2 aromatic rings. The Bertz CT molecular complexity index is 1250. The summed E-state index contributed by atoms with van der Waals surface area (Å²) >= 11 is 6.36. The highest BCUT2D eigenvalue weighted by molar-refractivity contribution is 6.54. The van der Waals surface area contributed by atoms with Crippen LogP contribution < -0.4 is 24.1 Å². The number of amides is 3. The maximum Gasteiger partial charge on any atom is 0.277 e. The summed E-state index contributed by atoms with van der Waals surface area (Å²) in [6.07, 6.45) is 0.391. The number of methoxy groups -OCH3 is 1. The van der Waals surface area contributed by atoms with Gasteiger partial charge in [0, 0.05) is 6.07 Å². The van der Waals surface area contributed by atoms with Gasteiger partial charge in [0.2, 0.25) is 6.79 Å². The van der Waals surface area contributed by atoms with Gasteiger partial charge >= 0.3 is 0 Å². The predicted octanol–water partition coefficient (Wildman–Crippen LogP) is 3.22. The average Bonchev–Trinajstić information content (AvgIpc) is 3.48. The molecule has 33 heavy (non-hydrogen) atoms. The zero-order chi connectivity index (χ0) is 23.3. The number of ether oxygens (including phenoxy) is 3. The number of benzene rings is 2. The highest BCUT2D eigenvalue weighted by atomic mass is 35.5. The van der Waals surface area contributed by atoms with Crippen LogP contribution in [0.4, 0.5) is 11.4 Å². The van der Waals surface area contributed by atoms with Crippen LogP contribution in [0.25, 0.3) is 0 Å². The summed E-state index contributed by atoms with van der Waals surface area (Å²) in [5, 5.41) is 5.35. The second-order valence-electron chi connectivity index (χ2n) is 7.44. The van der Waals surface area contributed by atoms with E-state index in [2.05, 4.69) is 5.10 Å². The number of hydrazone groups is 1. The van der Waals surface area contributed by atoms with E-state index >= 15 is 0 Å². The Morgan fingerprint density at radius 1 is 1.03 bits per heavy atom. The summed E-state index contributed by atoms with van der Waals surface area (Å²) in [6.45, 7) is 1.88. The minimum absolute atomic E-state index is 0.0546. The maximum absolute atomic E-state index is 13.4. The van der Waals surface area contributed by atoms with Crippen molar-refractivity contribution in [3.05, 3.63) is 53.1 Å². The van der Waals surface area contributed by atoms with Crippen LogP contribution in [0.15, 0.2) is 58.2 Å². The summed E-state index contributed by atoms with van der Waals surface area (Å²) < 4.78 is 15.8. The van der Waals surface area contributed by atoms with Crippen molar-refractivity contribution < 1.29 is 28.6 Å². The number of fused-ring (bicyclic) bond motifs is 1. The Labute approximate surface area is 193 Å². The number of hydrogen-bond donors (Lipinski definition) is 0. The summed E-state index contributed by atoms with van der Waals surface area (Å²) in [5.41, 5.74) is 1.14. The van der Waals surface area contributed by atoms with E-state index in [9.17, 15) is 14.4 Å². The van der Waals surface area contributed by atoms with E-state index in [-0.39, 0.29) is 23.1 Å². The van der Waals surface area contributed by atoms with Crippen molar-refractivity contribution in [3.63, 3.8) is 0 Å². The first-order chi connectivity index (χ1) is 15.9. The molecule has 5 rings (SSSR count). The molecule has 3 heterocycles. The molecule has 0 saturated carbocycles. The lowest BCUT2D eigenvalue weighted by molar-refractivity contribution is -0.123. The number of hydrogen-bond acceptors (Lipinski definition) is 7. The third-order valence-electron chi connectivity index (χ3n) is 5.66. The molecular formula is C23H18ClN3O6. The van der Waals surface area contributed by atoms with Crippen molar-refractivity contribution in [2.45, 2.75) is 13.3 Å². The molecule has 2 aromatic carbocycles. The molecule has 1 unspecified atom stereocenters. The van der Waals surface area contributed by atoms with Gasteiger partial charge in [0.05, 0.1) is 29.8 Å². The Morgan fingerprint density at radius 2 is 1.73 bits per heavy atom. The second-order valence-corrected chi connectivity index (χ2v) is 7.81. The highest BCUT2D eigenvalue weighted by Gasteiger charge is 2.49. The lowest BCUT2D eigenvalue weighted by atomic mass is 9.92. The van der Waals surface area contributed by atoms with E-state index in [1.807, 2.05) is 6.92 Å². The summed E-state index contributed by atoms with van der Waals surface area (Å²) in [7, 11) is 1.54. The zero-order valence-corrected chi connectivity index (χ0v) is 18.5. The van der Waals surface area contributed by atoms with Crippen molar-refractivity contribution in [1.29, 1.82) is 0 Å². The Hall–Kier alpha value is -3.85. The van der Waals surface area contributed by atoms with Gasteiger partial charge in [-0.1, -0.05) is 18.5 Å². The number of nitrogens with zero attached hydrogens (tertiary/aromatic N) is 3. The van der Waals surface area contributed by atoms with Gasteiger partial charge in [0.15, 0.2) is 11.5 Å². The first-order valence-corrected chi connectivity index (χ1v) is 10.6. The van der Waals surface area contributed by atoms with E-state index in [4.69, 9.17) is 25.8 Å². The maximum atomic E-state index is 13.4.